The van der Waals surface area contributed by atoms with Gasteiger partial charge in [0.1, 0.15) is 17.3 Å². The summed E-state index contributed by atoms with van der Waals surface area (Å²) in [6.07, 6.45) is 3.82. The molecule has 6 nitrogen and oxygen atoms in total. The zero-order chi connectivity index (χ0) is 21.2. The van der Waals surface area contributed by atoms with Gasteiger partial charge in [0, 0.05) is 36.0 Å². The molecule has 1 aliphatic rings. The number of nitrogens with zero attached hydrogens (tertiary/aromatic N) is 3. The monoisotopic (exact) mass is 417 g/mol. The van der Waals surface area contributed by atoms with Crippen LogP contribution in [0.1, 0.15) is 19.4 Å². The second-order valence-electron chi connectivity index (χ2n) is 5.88. The molecular formula is C21H25ClFN5O. The van der Waals surface area contributed by atoms with Crippen LogP contribution in [0.3, 0.4) is 0 Å². The summed E-state index contributed by atoms with van der Waals surface area (Å²) in [5.74, 6) is 0.146. The van der Waals surface area contributed by atoms with E-state index >= 15 is 0 Å². The summed E-state index contributed by atoms with van der Waals surface area (Å²) in [6, 6.07) is 8.55. The van der Waals surface area contributed by atoms with Crippen molar-refractivity contribution in [3.63, 3.8) is 0 Å². The van der Waals surface area contributed by atoms with E-state index in [1.165, 1.54) is 6.08 Å². The molecule has 8 heteroatoms. The fourth-order valence-electron chi connectivity index (χ4n) is 2.65. The Balaban J connectivity index is 0.00000145. The molecule has 154 valence electrons. The minimum Gasteiger partial charge on any atom is -0.384 e. The average molecular weight is 418 g/mol. The van der Waals surface area contributed by atoms with Crippen LogP contribution < -0.4 is 10.6 Å². The van der Waals surface area contributed by atoms with E-state index in [2.05, 4.69) is 9.98 Å². The van der Waals surface area contributed by atoms with E-state index in [0.717, 1.165) is 18.0 Å². The van der Waals surface area contributed by atoms with E-state index < -0.39 is 5.82 Å². The minimum atomic E-state index is -0.564. The van der Waals surface area contributed by atoms with Crippen LogP contribution >= 0.6 is 11.6 Å². The fraction of sp³-hybridized carbons (Fsp3) is 0.286. The van der Waals surface area contributed by atoms with Crippen molar-refractivity contribution in [3.8, 4) is 0 Å². The highest BCUT2D eigenvalue weighted by Gasteiger charge is 2.14. The standard InChI is InChI=1S/C19H19ClFN5O.C2H6/c20-15-3-1-13(2-4-15)14(11-22)9-18(23)25-17-10-19(24-12-16(17)21)26-5-7-27-8-6-26;1-2/h1-4,9-12,22H,5-8H2,(H2,23,24,25);1-2H3/b14-9+,22-11?;. The van der Waals surface area contributed by atoms with Crippen LogP contribution in [0.2, 0.25) is 5.02 Å². The topological polar surface area (TPSA) is 87.6 Å². The Labute approximate surface area is 175 Å². The Kier molecular flexibility index (Phi) is 8.76. The summed E-state index contributed by atoms with van der Waals surface area (Å²) in [5, 5.41) is 8.19. The van der Waals surface area contributed by atoms with E-state index in [4.69, 9.17) is 27.5 Å². The quantitative estimate of drug-likeness (QED) is 0.555. The molecule has 1 aromatic heterocycles. The van der Waals surface area contributed by atoms with Crippen molar-refractivity contribution in [2.45, 2.75) is 13.8 Å². The first-order valence-corrected chi connectivity index (χ1v) is 9.75. The molecule has 0 unspecified atom stereocenters. The molecule has 3 N–H and O–H groups in total. The number of nitrogens with one attached hydrogen (secondary N) is 1. The molecule has 0 radical (unpaired) electrons. The van der Waals surface area contributed by atoms with E-state index in [1.54, 1.807) is 30.3 Å². The third-order valence-corrected chi connectivity index (χ3v) is 4.29. The van der Waals surface area contributed by atoms with Gasteiger partial charge < -0.3 is 20.8 Å². The maximum atomic E-state index is 14.1. The molecule has 0 bridgehead atoms. The van der Waals surface area contributed by atoms with Crippen LogP contribution in [0.4, 0.5) is 15.9 Å². The normalized spacial score (nSPS) is 14.8. The average Bonchev–Trinajstić information content (AvgIpc) is 2.76. The first kappa shape index (κ1) is 22.5. The lowest BCUT2D eigenvalue weighted by atomic mass is 10.1. The van der Waals surface area contributed by atoms with E-state index in [-0.39, 0.29) is 11.5 Å². The van der Waals surface area contributed by atoms with Crippen molar-refractivity contribution in [2.24, 2.45) is 10.7 Å². The number of hydrogen-bond acceptors (Lipinski definition) is 5. The first-order chi connectivity index (χ1) is 14.1. The molecule has 3 rings (SSSR count). The van der Waals surface area contributed by atoms with Crippen molar-refractivity contribution in [1.29, 1.82) is 5.41 Å². The van der Waals surface area contributed by atoms with Gasteiger partial charge in [-0.3, -0.25) is 0 Å². The third-order valence-electron chi connectivity index (χ3n) is 4.04. The molecule has 0 atom stereocenters. The van der Waals surface area contributed by atoms with Crippen LogP contribution in [-0.4, -0.2) is 43.3 Å². The zero-order valence-electron chi connectivity index (χ0n) is 16.5. The number of benzene rings is 1. The van der Waals surface area contributed by atoms with Gasteiger partial charge in [-0.2, -0.15) is 0 Å². The van der Waals surface area contributed by atoms with E-state index in [1.807, 2.05) is 18.7 Å². The second kappa shape index (κ2) is 11.3. The maximum absolute atomic E-state index is 14.1. The predicted molar refractivity (Wildman–Crippen MR) is 118 cm³/mol. The maximum Gasteiger partial charge on any atom is 0.167 e. The number of anilines is 1. The molecule has 1 aromatic carbocycles. The Morgan fingerprint density at radius 3 is 2.55 bits per heavy atom. The molecule has 1 saturated heterocycles. The van der Waals surface area contributed by atoms with Crippen molar-refractivity contribution >= 4 is 40.7 Å². The second-order valence-corrected chi connectivity index (χ2v) is 6.32. The zero-order valence-corrected chi connectivity index (χ0v) is 17.3. The van der Waals surface area contributed by atoms with Crippen molar-refractivity contribution in [1.82, 2.24) is 4.98 Å². The predicted octanol–water partition coefficient (Wildman–Crippen LogP) is 4.46. The number of pyridine rings is 1. The summed E-state index contributed by atoms with van der Waals surface area (Å²) < 4.78 is 19.5. The number of nitrogens with two attached hydrogens (primary N) is 1. The highest BCUT2D eigenvalue weighted by Crippen LogP contribution is 2.24. The third kappa shape index (κ3) is 6.37. The molecule has 29 heavy (non-hydrogen) atoms. The number of ether oxygens (including phenoxy) is 1. The molecule has 0 amide bonds. The molecule has 0 spiro atoms. The van der Waals surface area contributed by atoms with Crippen LogP contribution in [0.15, 0.2) is 47.6 Å². The molecular weight excluding hydrogens is 393 g/mol. The molecule has 1 fully saturated rings. The van der Waals surface area contributed by atoms with Crippen LogP contribution in [0.25, 0.3) is 5.57 Å². The Bertz CT molecular complexity index is 877. The number of allylic oxidation sites excluding steroid dienone is 1. The number of halogens is 2. The number of rotatable bonds is 5. The molecule has 0 saturated carbocycles. The Morgan fingerprint density at radius 1 is 1.28 bits per heavy atom. The highest BCUT2D eigenvalue weighted by atomic mass is 35.5. The lowest BCUT2D eigenvalue weighted by Crippen LogP contribution is -2.36. The summed E-state index contributed by atoms with van der Waals surface area (Å²) in [6.45, 7) is 6.58. The summed E-state index contributed by atoms with van der Waals surface area (Å²) in [7, 11) is 0. The van der Waals surface area contributed by atoms with Gasteiger partial charge in [0.2, 0.25) is 0 Å². The number of amidine groups is 1. The van der Waals surface area contributed by atoms with Crippen molar-refractivity contribution in [2.75, 3.05) is 31.2 Å². The summed E-state index contributed by atoms with van der Waals surface area (Å²) in [5.41, 5.74) is 7.37. The van der Waals surface area contributed by atoms with Gasteiger partial charge in [-0.05, 0) is 23.8 Å². The van der Waals surface area contributed by atoms with Gasteiger partial charge in [0.15, 0.2) is 5.82 Å². The lowest BCUT2D eigenvalue weighted by Gasteiger charge is -2.27. The Hall–Kier alpha value is -2.77. The minimum absolute atomic E-state index is 0.0847. The number of aliphatic imine (C=N–C) groups is 1. The van der Waals surface area contributed by atoms with Gasteiger partial charge in [-0.25, -0.2) is 14.4 Å². The van der Waals surface area contributed by atoms with Crippen LogP contribution in [-0.2, 0) is 4.74 Å². The van der Waals surface area contributed by atoms with Gasteiger partial charge in [-0.15, -0.1) is 0 Å². The van der Waals surface area contributed by atoms with E-state index in [9.17, 15) is 4.39 Å². The largest absolute Gasteiger partial charge is 0.384 e. The highest BCUT2D eigenvalue weighted by molar-refractivity contribution is 6.30. The van der Waals surface area contributed by atoms with Gasteiger partial charge in [-0.1, -0.05) is 37.6 Å². The molecule has 2 heterocycles. The fourth-order valence-corrected chi connectivity index (χ4v) is 2.78. The van der Waals surface area contributed by atoms with Gasteiger partial charge >= 0.3 is 0 Å². The summed E-state index contributed by atoms with van der Waals surface area (Å²) in [4.78, 5) is 10.3. The first-order valence-electron chi connectivity index (χ1n) is 9.37. The molecule has 1 aliphatic heterocycles. The van der Waals surface area contributed by atoms with Crippen LogP contribution in [0, 0.1) is 11.2 Å². The molecule has 2 aromatic rings. The SMILES string of the molecule is CC.N=C/C(=C\C(N)=Nc1cc(N2CCOCC2)ncc1F)c1ccc(Cl)cc1. The number of aromatic nitrogens is 1. The van der Waals surface area contributed by atoms with Crippen molar-refractivity contribution in [3.05, 3.63) is 59.0 Å². The van der Waals surface area contributed by atoms with Crippen molar-refractivity contribution < 1.29 is 9.13 Å². The molecule has 0 aliphatic carbocycles. The Morgan fingerprint density at radius 2 is 1.93 bits per heavy atom. The lowest BCUT2D eigenvalue weighted by molar-refractivity contribution is 0.122. The number of morpholine rings is 1. The summed E-state index contributed by atoms with van der Waals surface area (Å²) >= 11 is 5.88. The van der Waals surface area contributed by atoms with Crippen LogP contribution in [0.5, 0.6) is 0 Å². The van der Waals surface area contributed by atoms with Gasteiger partial charge in [0.05, 0.1) is 19.4 Å². The smallest absolute Gasteiger partial charge is 0.167 e. The van der Waals surface area contributed by atoms with E-state index in [0.29, 0.717) is 42.7 Å². The van der Waals surface area contributed by atoms with Gasteiger partial charge in [0.25, 0.3) is 0 Å². The number of hydrogen-bond donors (Lipinski definition) is 2.